The molecule has 0 bridgehead atoms. The number of benzene rings is 2. The molecule has 0 aliphatic carbocycles. The molecule has 2 saturated heterocycles. The summed E-state index contributed by atoms with van der Waals surface area (Å²) in [6, 6.07) is 12.9. The molecule has 290 valence electrons. The fraction of sp³-hybridized carbons (Fsp3) is 0.395. The van der Waals surface area contributed by atoms with Crippen molar-refractivity contribution in [3.05, 3.63) is 72.6 Å². The van der Waals surface area contributed by atoms with Gasteiger partial charge < -0.3 is 40.5 Å². The lowest BCUT2D eigenvalue weighted by Gasteiger charge is -2.30. The van der Waals surface area contributed by atoms with Gasteiger partial charge >= 0.3 is 12.2 Å². The number of carbonyl (C=O) groups is 6. The van der Waals surface area contributed by atoms with Gasteiger partial charge in [-0.1, -0.05) is 67.6 Å². The van der Waals surface area contributed by atoms with E-state index in [1.54, 1.807) is 47.0 Å². The third kappa shape index (κ3) is 8.72. The zero-order valence-corrected chi connectivity index (χ0v) is 31.8. The first-order valence-electron chi connectivity index (χ1n) is 18.0. The summed E-state index contributed by atoms with van der Waals surface area (Å²) in [7, 11) is 2.46. The molecule has 6 amide bonds. The Kier molecular flexibility index (Phi) is 12.0. The lowest BCUT2D eigenvalue weighted by Crippen LogP contribution is -2.54. The second kappa shape index (κ2) is 17.0. The number of alkyl carbamates (subject to hydrolysis) is 2. The van der Waals surface area contributed by atoms with Gasteiger partial charge in [-0.05, 0) is 54.9 Å². The Bertz CT molecular complexity index is 2020. The number of aromatic nitrogens is 2. The van der Waals surface area contributed by atoms with E-state index >= 15 is 0 Å². The van der Waals surface area contributed by atoms with E-state index in [-0.39, 0.29) is 23.6 Å². The molecule has 0 radical (unpaired) electrons. The maximum absolute atomic E-state index is 13.7. The van der Waals surface area contributed by atoms with Gasteiger partial charge in [0.1, 0.15) is 24.2 Å². The van der Waals surface area contributed by atoms with Crippen molar-refractivity contribution < 1.29 is 38.2 Å². The third-order valence-electron chi connectivity index (χ3n) is 9.74. The van der Waals surface area contributed by atoms with Crippen LogP contribution in [0.4, 0.5) is 21.1 Å². The molecule has 0 spiro atoms. The molecule has 2 aromatic carbocycles. The predicted octanol–water partition coefficient (Wildman–Crippen LogP) is 4.40. The number of nitrogens with zero attached hydrogens (tertiary/aromatic N) is 4. The smallest absolute Gasteiger partial charge is 0.407 e. The average molecular weight is 773 g/mol. The number of likely N-dealkylation sites (tertiary alicyclic amines) is 2. The predicted molar refractivity (Wildman–Crippen MR) is 204 cm³/mol. The molecule has 2 aliphatic heterocycles. The van der Waals surface area contributed by atoms with Crippen LogP contribution in [0.5, 0.6) is 0 Å². The minimum atomic E-state index is -1.00. The summed E-state index contributed by atoms with van der Waals surface area (Å²) in [5, 5.41) is 11.0. The number of hydrogen-bond donors (Lipinski definition) is 4. The van der Waals surface area contributed by atoms with Crippen LogP contribution in [-0.2, 0) is 28.7 Å². The highest BCUT2D eigenvalue weighted by Gasteiger charge is 2.40. The molecule has 4 unspecified atom stereocenters. The standard InChI is InChI=1S/C38H44N8O8S/c1-22(2)30(42-37(51)53-3)34(49)45-18-9-13-27(45)33(48)40-29-21-44-20-28(55-36(44)41-29)23-14-16-25(17-15-23)39-32(47)26-12-8-19-46(26)35(50)31(43-38(52)54-4)24-10-6-5-7-11-24/h5-7,10-11,14-17,20-22,26-27,30-31H,8-9,12-13,18-19H2,1-4H3,(H,39,47)(H,40,48)(H,42,51)(H,43,52). The second-order valence-corrected chi connectivity index (χ2v) is 14.7. The maximum Gasteiger partial charge on any atom is 0.407 e. The fourth-order valence-electron chi connectivity index (χ4n) is 6.90. The Morgan fingerprint density at radius 2 is 1.36 bits per heavy atom. The molecular formula is C38H44N8O8S. The Morgan fingerprint density at radius 3 is 1.96 bits per heavy atom. The van der Waals surface area contributed by atoms with Crippen molar-refractivity contribution in [2.45, 2.75) is 63.7 Å². The van der Waals surface area contributed by atoms with Crippen molar-refractivity contribution in [3.63, 3.8) is 0 Å². The number of anilines is 2. The normalized spacial score (nSPS) is 17.8. The van der Waals surface area contributed by atoms with Gasteiger partial charge in [0.05, 0.1) is 25.3 Å². The van der Waals surface area contributed by atoms with Crippen molar-refractivity contribution in [1.82, 2.24) is 29.8 Å². The van der Waals surface area contributed by atoms with E-state index in [1.807, 2.05) is 38.2 Å². The van der Waals surface area contributed by atoms with Crippen molar-refractivity contribution >= 4 is 63.6 Å². The number of amides is 6. The topological polar surface area (TPSA) is 193 Å². The lowest BCUT2D eigenvalue weighted by molar-refractivity contribution is -0.139. The van der Waals surface area contributed by atoms with E-state index in [4.69, 9.17) is 4.74 Å². The van der Waals surface area contributed by atoms with E-state index in [0.29, 0.717) is 60.8 Å². The molecule has 17 heteroatoms. The number of imidazole rings is 1. The summed E-state index contributed by atoms with van der Waals surface area (Å²) in [6.45, 7) is 4.41. The van der Waals surface area contributed by atoms with Crippen LogP contribution >= 0.6 is 11.3 Å². The molecule has 0 saturated carbocycles. The number of rotatable bonds is 11. The van der Waals surface area contributed by atoms with Crippen LogP contribution in [0, 0.1) is 5.92 Å². The van der Waals surface area contributed by atoms with Crippen LogP contribution in [-0.4, -0.2) is 100 Å². The Labute approximate surface area is 321 Å². The van der Waals surface area contributed by atoms with Crippen LogP contribution in [0.25, 0.3) is 15.4 Å². The molecule has 16 nitrogen and oxygen atoms in total. The number of methoxy groups -OCH3 is 2. The minimum Gasteiger partial charge on any atom is -0.453 e. The number of ether oxygens (including phenoxy) is 2. The highest BCUT2D eigenvalue weighted by atomic mass is 32.1. The zero-order chi connectivity index (χ0) is 39.2. The Balaban J connectivity index is 1.07. The second-order valence-electron chi connectivity index (χ2n) is 13.7. The van der Waals surface area contributed by atoms with Crippen LogP contribution < -0.4 is 21.3 Å². The van der Waals surface area contributed by atoms with Gasteiger partial charge in [-0.25, -0.2) is 14.6 Å². The first-order valence-corrected chi connectivity index (χ1v) is 18.8. The zero-order valence-electron chi connectivity index (χ0n) is 30.9. The van der Waals surface area contributed by atoms with E-state index in [2.05, 4.69) is 31.0 Å². The average Bonchev–Trinajstić information content (AvgIpc) is 4.00. The van der Waals surface area contributed by atoms with Crippen LogP contribution in [0.1, 0.15) is 51.1 Å². The summed E-state index contributed by atoms with van der Waals surface area (Å²) in [4.78, 5) is 86.9. The van der Waals surface area contributed by atoms with Crippen molar-refractivity contribution in [2.24, 2.45) is 5.92 Å². The van der Waals surface area contributed by atoms with Gasteiger partial charge in [-0.15, -0.1) is 0 Å². The lowest BCUT2D eigenvalue weighted by atomic mass is 10.0. The van der Waals surface area contributed by atoms with Crippen molar-refractivity contribution in [2.75, 3.05) is 37.9 Å². The van der Waals surface area contributed by atoms with Crippen molar-refractivity contribution in [3.8, 4) is 10.4 Å². The highest BCUT2D eigenvalue weighted by Crippen LogP contribution is 2.31. The van der Waals surface area contributed by atoms with Gasteiger partial charge in [0, 0.05) is 25.0 Å². The van der Waals surface area contributed by atoms with E-state index in [9.17, 15) is 28.8 Å². The van der Waals surface area contributed by atoms with Crippen LogP contribution in [0.2, 0.25) is 0 Å². The third-order valence-corrected chi connectivity index (χ3v) is 10.8. The summed E-state index contributed by atoms with van der Waals surface area (Å²) in [5.74, 6) is -1.27. The van der Waals surface area contributed by atoms with E-state index < -0.39 is 42.3 Å². The molecule has 2 aromatic heterocycles. The quantitative estimate of drug-likeness (QED) is 0.171. The van der Waals surface area contributed by atoms with Crippen molar-refractivity contribution in [1.29, 1.82) is 0 Å². The maximum atomic E-state index is 13.7. The Morgan fingerprint density at radius 1 is 0.764 bits per heavy atom. The molecule has 4 aromatic rings. The largest absolute Gasteiger partial charge is 0.453 e. The number of fused-ring (bicyclic) bond motifs is 1. The molecule has 2 aliphatic rings. The van der Waals surface area contributed by atoms with Gasteiger partial charge in [-0.2, -0.15) is 0 Å². The van der Waals surface area contributed by atoms with Crippen LogP contribution in [0.15, 0.2) is 67.0 Å². The van der Waals surface area contributed by atoms with Gasteiger partial charge in [-0.3, -0.25) is 23.6 Å². The summed E-state index contributed by atoms with van der Waals surface area (Å²) < 4.78 is 11.2. The minimum absolute atomic E-state index is 0.210. The summed E-state index contributed by atoms with van der Waals surface area (Å²) in [6.07, 6.45) is 4.41. The highest BCUT2D eigenvalue weighted by molar-refractivity contribution is 7.20. The molecule has 4 heterocycles. The molecule has 55 heavy (non-hydrogen) atoms. The van der Waals surface area contributed by atoms with E-state index in [0.717, 1.165) is 10.4 Å². The molecule has 6 rings (SSSR count). The summed E-state index contributed by atoms with van der Waals surface area (Å²) in [5.41, 5.74) is 2.03. The van der Waals surface area contributed by atoms with E-state index in [1.165, 1.54) is 35.4 Å². The molecular weight excluding hydrogens is 729 g/mol. The molecule has 4 atom stereocenters. The first-order chi connectivity index (χ1) is 26.5. The number of hydrogen-bond acceptors (Lipinski definition) is 10. The number of thiazole rings is 1. The number of carbonyl (C=O) groups excluding carboxylic acids is 6. The summed E-state index contributed by atoms with van der Waals surface area (Å²) >= 11 is 1.41. The first kappa shape index (κ1) is 38.7. The number of nitrogens with one attached hydrogen (secondary N) is 4. The van der Waals surface area contributed by atoms with Gasteiger partial charge in [0.25, 0.3) is 5.91 Å². The monoisotopic (exact) mass is 772 g/mol. The van der Waals surface area contributed by atoms with Crippen LogP contribution in [0.3, 0.4) is 0 Å². The Hall–Kier alpha value is -5.97. The SMILES string of the molecule is COC(=O)NC(C(=O)N1CCCC1C(=O)Nc1ccc(-c2cn3cc(NC(=O)C4CCCN4C(=O)C(NC(=O)OC)C(C)C)nc3s2)cc1)c1ccccc1. The fourth-order valence-corrected chi connectivity index (χ4v) is 7.87. The van der Waals surface area contributed by atoms with Gasteiger partial charge in [0.15, 0.2) is 10.8 Å². The molecule has 2 fully saturated rings. The van der Waals surface area contributed by atoms with Gasteiger partial charge in [0.2, 0.25) is 17.7 Å². The molecule has 4 N–H and O–H groups in total.